The monoisotopic (exact) mass is 290 g/mol. The summed E-state index contributed by atoms with van der Waals surface area (Å²) in [6, 6.07) is 9.47. The molecule has 2 heterocycles. The second-order valence-electron chi connectivity index (χ2n) is 6.29. The SMILES string of the molecule is CC(CNC1CSCc2ccccc21)CN1CCCC1. The second kappa shape index (κ2) is 6.97. The van der Waals surface area contributed by atoms with Crippen molar-refractivity contribution >= 4 is 11.8 Å². The van der Waals surface area contributed by atoms with Gasteiger partial charge in [-0.2, -0.15) is 11.8 Å². The lowest BCUT2D eigenvalue weighted by atomic mass is 10.0. The van der Waals surface area contributed by atoms with E-state index in [0.717, 1.165) is 12.5 Å². The van der Waals surface area contributed by atoms with Crippen LogP contribution in [0.15, 0.2) is 24.3 Å². The normalized spacial score (nSPS) is 24.6. The van der Waals surface area contributed by atoms with Crippen molar-refractivity contribution < 1.29 is 0 Å². The van der Waals surface area contributed by atoms with Gasteiger partial charge in [-0.1, -0.05) is 31.2 Å². The van der Waals surface area contributed by atoms with Crippen molar-refractivity contribution in [2.75, 3.05) is 31.9 Å². The maximum Gasteiger partial charge on any atom is 0.0415 e. The first kappa shape index (κ1) is 14.4. The van der Waals surface area contributed by atoms with Crippen molar-refractivity contribution in [2.24, 2.45) is 5.92 Å². The third-order valence-electron chi connectivity index (χ3n) is 4.45. The van der Waals surface area contributed by atoms with Gasteiger partial charge in [-0.3, -0.25) is 0 Å². The highest BCUT2D eigenvalue weighted by atomic mass is 32.2. The van der Waals surface area contributed by atoms with E-state index in [1.807, 2.05) is 0 Å². The number of fused-ring (bicyclic) bond motifs is 1. The van der Waals surface area contributed by atoms with E-state index in [1.165, 1.54) is 55.1 Å². The van der Waals surface area contributed by atoms with Gasteiger partial charge in [0.25, 0.3) is 0 Å². The predicted molar refractivity (Wildman–Crippen MR) is 88.2 cm³/mol. The third kappa shape index (κ3) is 3.57. The van der Waals surface area contributed by atoms with E-state index in [2.05, 4.69) is 53.2 Å². The maximum atomic E-state index is 3.80. The van der Waals surface area contributed by atoms with Crippen molar-refractivity contribution in [2.45, 2.75) is 31.6 Å². The predicted octanol–water partition coefficient (Wildman–Crippen LogP) is 3.30. The lowest BCUT2D eigenvalue weighted by molar-refractivity contribution is 0.279. The van der Waals surface area contributed by atoms with Gasteiger partial charge in [-0.05, 0) is 49.5 Å². The van der Waals surface area contributed by atoms with Crippen molar-refractivity contribution in [3.05, 3.63) is 35.4 Å². The second-order valence-corrected chi connectivity index (χ2v) is 7.32. The molecule has 2 nitrogen and oxygen atoms in total. The van der Waals surface area contributed by atoms with E-state index in [-0.39, 0.29) is 0 Å². The summed E-state index contributed by atoms with van der Waals surface area (Å²) < 4.78 is 0. The Bertz CT molecular complexity index is 429. The topological polar surface area (TPSA) is 15.3 Å². The van der Waals surface area contributed by atoms with Crippen LogP contribution in [0.2, 0.25) is 0 Å². The molecule has 2 aliphatic heterocycles. The molecule has 2 unspecified atom stereocenters. The Labute approximate surface area is 127 Å². The largest absolute Gasteiger partial charge is 0.309 e. The summed E-state index contributed by atoms with van der Waals surface area (Å²) in [7, 11) is 0. The molecule has 0 bridgehead atoms. The highest BCUT2D eigenvalue weighted by Gasteiger charge is 2.21. The fourth-order valence-electron chi connectivity index (χ4n) is 3.36. The van der Waals surface area contributed by atoms with Crippen LogP contribution >= 0.6 is 11.8 Å². The van der Waals surface area contributed by atoms with Gasteiger partial charge in [0.1, 0.15) is 0 Å². The molecule has 110 valence electrons. The molecule has 2 aliphatic rings. The fraction of sp³-hybridized carbons (Fsp3) is 0.647. The van der Waals surface area contributed by atoms with Gasteiger partial charge in [0.2, 0.25) is 0 Å². The van der Waals surface area contributed by atoms with Crippen molar-refractivity contribution in [3.63, 3.8) is 0 Å². The van der Waals surface area contributed by atoms with E-state index < -0.39 is 0 Å². The lowest BCUT2D eigenvalue weighted by Gasteiger charge is -2.28. The number of nitrogens with zero attached hydrogens (tertiary/aromatic N) is 1. The molecule has 0 spiro atoms. The highest BCUT2D eigenvalue weighted by Crippen LogP contribution is 2.31. The van der Waals surface area contributed by atoms with E-state index in [4.69, 9.17) is 0 Å². The first-order valence-corrected chi connectivity index (χ1v) is 9.09. The average Bonchev–Trinajstić information content (AvgIpc) is 2.98. The quantitative estimate of drug-likeness (QED) is 0.896. The summed E-state index contributed by atoms with van der Waals surface area (Å²) in [6.45, 7) is 7.40. The number of hydrogen-bond donors (Lipinski definition) is 1. The van der Waals surface area contributed by atoms with Crippen LogP contribution in [-0.4, -0.2) is 36.8 Å². The standard InChI is InChI=1S/C17H26N2S/c1-14(11-19-8-4-5-9-19)10-18-17-13-20-12-15-6-2-3-7-16(15)17/h2-3,6-7,14,17-18H,4-5,8-13H2,1H3. The molecule has 0 aliphatic carbocycles. The van der Waals surface area contributed by atoms with Gasteiger partial charge < -0.3 is 10.2 Å². The van der Waals surface area contributed by atoms with Crippen molar-refractivity contribution in [1.82, 2.24) is 10.2 Å². The van der Waals surface area contributed by atoms with E-state index >= 15 is 0 Å². The molecular weight excluding hydrogens is 264 g/mol. The van der Waals surface area contributed by atoms with Crippen LogP contribution in [0, 0.1) is 5.92 Å². The molecule has 1 aromatic rings. The molecule has 3 heteroatoms. The average molecular weight is 290 g/mol. The Morgan fingerprint density at radius 2 is 2.10 bits per heavy atom. The van der Waals surface area contributed by atoms with Crippen LogP contribution < -0.4 is 5.32 Å². The molecule has 1 N–H and O–H groups in total. The molecule has 20 heavy (non-hydrogen) atoms. The number of benzene rings is 1. The first-order chi connectivity index (χ1) is 9.83. The summed E-state index contributed by atoms with van der Waals surface area (Å²) in [6.07, 6.45) is 2.79. The Hall–Kier alpha value is -0.510. The van der Waals surface area contributed by atoms with Gasteiger partial charge in [-0.25, -0.2) is 0 Å². The molecule has 0 amide bonds. The van der Waals surface area contributed by atoms with E-state index in [9.17, 15) is 0 Å². The summed E-state index contributed by atoms with van der Waals surface area (Å²) in [5.74, 6) is 3.14. The van der Waals surface area contributed by atoms with Gasteiger partial charge in [-0.15, -0.1) is 0 Å². The molecule has 1 saturated heterocycles. The number of rotatable bonds is 5. The highest BCUT2D eigenvalue weighted by molar-refractivity contribution is 7.98. The Morgan fingerprint density at radius 1 is 1.30 bits per heavy atom. The van der Waals surface area contributed by atoms with Gasteiger partial charge >= 0.3 is 0 Å². The summed E-state index contributed by atoms with van der Waals surface area (Å²) >= 11 is 2.06. The molecule has 1 aromatic carbocycles. The van der Waals surface area contributed by atoms with Crippen molar-refractivity contribution in [3.8, 4) is 0 Å². The third-order valence-corrected chi connectivity index (χ3v) is 5.54. The zero-order chi connectivity index (χ0) is 13.8. The summed E-state index contributed by atoms with van der Waals surface area (Å²) in [5, 5.41) is 3.80. The molecule has 1 fully saturated rings. The summed E-state index contributed by atoms with van der Waals surface area (Å²) in [5.41, 5.74) is 3.05. The molecule has 2 atom stereocenters. The number of hydrogen-bond acceptors (Lipinski definition) is 3. The van der Waals surface area contributed by atoms with Crippen molar-refractivity contribution in [1.29, 1.82) is 0 Å². The molecular formula is C17H26N2S. The number of thioether (sulfide) groups is 1. The zero-order valence-corrected chi connectivity index (χ0v) is 13.3. The van der Waals surface area contributed by atoms with E-state index in [1.54, 1.807) is 0 Å². The maximum absolute atomic E-state index is 3.80. The first-order valence-electron chi connectivity index (χ1n) is 7.94. The number of nitrogens with one attached hydrogen (secondary N) is 1. The Morgan fingerprint density at radius 3 is 2.95 bits per heavy atom. The molecule has 3 rings (SSSR count). The molecule has 0 saturated carbocycles. The van der Waals surface area contributed by atoms with E-state index in [0.29, 0.717) is 6.04 Å². The molecule has 0 aromatic heterocycles. The van der Waals surface area contributed by atoms with Crippen LogP contribution in [0.3, 0.4) is 0 Å². The number of likely N-dealkylation sites (tertiary alicyclic amines) is 1. The van der Waals surface area contributed by atoms with Crippen LogP contribution in [-0.2, 0) is 5.75 Å². The van der Waals surface area contributed by atoms with Crippen LogP contribution in [0.5, 0.6) is 0 Å². The van der Waals surface area contributed by atoms with Crippen LogP contribution in [0.25, 0.3) is 0 Å². The lowest BCUT2D eigenvalue weighted by Crippen LogP contribution is -2.35. The van der Waals surface area contributed by atoms with Gasteiger partial charge in [0, 0.05) is 24.1 Å². The Kier molecular flexibility index (Phi) is 5.03. The minimum absolute atomic E-state index is 0.547. The van der Waals surface area contributed by atoms with Gasteiger partial charge in [0.15, 0.2) is 0 Å². The van der Waals surface area contributed by atoms with Crippen LogP contribution in [0.4, 0.5) is 0 Å². The van der Waals surface area contributed by atoms with Crippen LogP contribution in [0.1, 0.15) is 36.9 Å². The minimum atomic E-state index is 0.547. The van der Waals surface area contributed by atoms with Gasteiger partial charge in [0.05, 0.1) is 0 Å². The fourth-order valence-corrected chi connectivity index (χ4v) is 4.50. The minimum Gasteiger partial charge on any atom is -0.309 e. The zero-order valence-electron chi connectivity index (χ0n) is 12.5. The smallest absolute Gasteiger partial charge is 0.0415 e. The Balaban J connectivity index is 1.51. The molecule has 0 radical (unpaired) electrons. The summed E-state index contributed by atoms with van der Waals surface area (Å²) in [4.78, 5) is 2.62.